The molecule has 0 amide bonds. The first-order valence-corrected chi connectivity index (χ1v) is 6.67. The Labute approximate surface area is 65.5 Å². The van der Waals surface area contributed by atoms with Crippen molar-refractivity contribution in [3.8, 4) is 0 Å². The van der Waals surface area contributed by atoms with Crippen molar-refractivity contribution in [1.82, 2.24) is 0 Å². The lowest BCUT2D eigenvalue weighted by Gasteiger charge is -2.08. The highest BCUT2D eigenvalue weighted by Crippen LogP contribution is 1.85. The van der Waals surface area contributed by atoms with E-state index in [0.717, 1.165) is 0 Å². The average molecular weight is 190 g/mol. The molecule has 9 heavy (non-hydrogen) atoms. The zero-order valence-corrected chi connectivity index (χ0v) is 9.22. The van der Waals surface area contributed by atoms with Crippen molar-refractivity contribution in [2.75, 3.05) is 0 Å². The average Bonchev–Trinajstić information content (AvgIpc) is 1.88. The molecule has 0 atom stereocenters. The van der Waals surface area contributed by atoms with E-state index in [0.29, 0.717) is 19.5 Å². The van der Waals surface area contributed by atoms with Crippen molar-refractivity contribution in [2.24, 2.45) is 0 Å². The van der Waals surface area contributed by atoms with Gasteiger partial charge in [0.05, 0.1) is 0 Å². The summed E-state index contributed by atoms with van der Waals surface area (Å²) in [5, 5.41) is 0. The lowest BCUT2D eigenvalue weighted by molar-refractivity contribution is 0.338. The summed E-state index contributed by atoms with van der Waals surface area (Å²) < 4.78 is 14.9. The van der Waals surface area contributed by atoms with E-state index in [4.69, 9.17) is 12.3 Å². The van der Waals surface area contributed by atoms with Gasteiger partial charge in [-0.1, -0.05) is 0 Å². The molecule has 0 unspecified atom stereocenters. The number of rotatable bonds is 5. The van der Waals surface area contributed by atoms with Crippen molar-refractivity contribution in [1.29, 1.82) is 0 Å². The van der Waals surface area contributed by atoms with Gasteiger partial charge in [0.25, 0.3) is 0 Å². The van der Waals surface area contributed by atoms with Gasteiger partial charge in [-0.05, 0) is 13.1 Å². The second-order valence-electron chi connectivity index (χ2n) is 0.964. The Hall–Kier alpha value is 0.748. The summed E-state index contributed by atoms with van der Waals surface area (Å²) in [6, 6.07) is 0. The largest absolute Gasteiger partial charge is 0.543 e. The molecular formula is C2H6O3Si4. The molecule has 0 aromatic heterocycles. The highest BCUT2D eigenvalue weighted by Gasteiger charge is 2.13. The summed E-state index contributed by atoms with van der Waals surface area (Å²) in [4.78, 5) is 0. The van der Waals surface area contributed by atoms with Crippen LogP contribution in [0.2, 0.25) is 13.1 Å². The fourth-order valence-electron chi connectivity index (χ4n) is 0.229. The summed E-state index contributed by atoms with van der Waals surface area (Å²) in [6.45, 7) is 3.86. The molecule has 0 spiro atoms. The molecular weight excluding hydrogens is 184 g/mol. The maximum Gasteiger partial charge on any atom is 0.543 e. The molecule has 0 rings (SSSR count). The maximum atomic E-state index is 5.08. The van der Waals surface area contributed by atoms with E-state index in [-0.39, 0.29) is 0 Å². The minimum atomic E-state index is -1.45. The van der Waals surface area contributed by atoms with Gasteiger partial charge in [0.2, 0.25) is 30.0 Å². The summed E-state index contributed by atoms with van der Waals surface area (Å²) >= 11 is 0. The van der Waals surface area contributed by atoms with E-state index in [1.807, 2.05) is 13.1 Å². The van der Waals surface area contributed by atoms with Crippen LogP contribution in [0.5, 0.6) is 0 Å². The first-order chi connectivity index (χ1) is 4.35. The minimum absolute atomic E-state index is 0.423. The highest BCUT2D eigenvalue weighted by atomic mass is 28.4. The van der Waals surface area contributed by atoms with Crippen molar-refractivity contribution in [3.63, 3.8) is 0 Å². The van der Waals surface area contributed by atoms with E-state index >= 15 is 0 Å². The van der Waals surface area contributed by atoms with Crippen LogP contribution in [0.25, 0.3) is 0 Å². The van der Waals surface area contributed by atoms with Gasteiger partial charge < -0.3 is 12.3 Å². The summed E-state index contributed by atoms with van der Waals surface area (Å²) in [5.74, 6) is 0. The molecule has 0 aromatic rings. The summed E-state index contributed by atoms with van der Waals surface area (Å²) in [5.41, 5.74) is 0. The molecule has 0 heterocycles. The van der Waals surface area contributed by atoms with Crippen LogP contribution in [0, 0.1) is 0 Å². The lowest BCUT2D eigenvalue weighted by atomic mass is 11.9. The van der Waals surface area contributed by atoms with Crippen LogP contribution in [0.15, 0.2) is 0 Å². The van der Waals surface area contributed by atoms with Gasteiger partial charge >= 0.3 is 9.53 Å². The Bertz CT molecular complexity index is 55.8. The fraction of sp³-hybridized carbons (Fsp3) is 1.00. The van der Waals surface area contributed by atoms with Crippen molar-refractivity contribution >= 4 is 39.5 Å². The highest BCUT2D eigenvalue weighted by molar-refractivity contribution is 6.55. The van der Waals surface area contributed by atoms with E-state index in [1.165, 1.54) is 0 Å². The predicted molar refractivity (Wildman–Crippen MR) is 38.0 cm³/mol. The molecule has 0 saturated heterocycles. The van der Waals surface area contributed by atoms with Gasteiger partial charge in [-0.15, -0.1) is 0 Å². The van der Waals surface area contributed by atoms with Gasteiger partial charge in [0, 0.05) is 0 Å². The quantitative estimate of drug-likeness (QED) is 0.544. The van der Waals surface area contributed by atoms with Crippen molar-refractivity contribution < 1.29 is 12.3 Å². The van der Waals surface area contributed by atoms with Gasteiger partial charge in [-0.2, -0.15) is 0 Å². The van der Waals surface area contributed by atoms with Crippen molar-refractivity contribution in [2.45, 2.75) is 13.1 Å². The molecule has 7 heteroatoms. The van der Waals surface area contributed by atoms with E-state index in [1.54, 1.807) is 0 Å². The van der Waals surface area contributed by atoms with Gasteiger partial charge in [-0.25, -0.2) is 0 Å². The predicted octanol–water partition coefficient (Wildman–Crippen LogP) is -0.561. The van der Waals surface area contributed by atoms with Gasteiger partial charge in [-0.3, -0.25) is 0 Å². The molecule has 0 bridgehead atoms. The summed E-state index contributed by atoms with van der Waals surface area (Å²) in [6.07, 6.45) is 0. The Morgan fingerprint density at radius 3 is 1.89 bits per heavy atom. The third-order valence-corrected chi connectivity index (χ3v) is 4.09. The smallest absolute Gasteiger partial charge is 0.414 e. The Morgan fingerprint density at radius 1 is 1.22 bits per heavy atom. The van der Waals surface area contributed by atoms with Crippen LogP contribution >= 0.6 is 0 Å². The van der Waals surface area contributed by atoms with E-state index in [9.17, 15) is 0 Å². The topological polar surface area (TPSA) is 27.7 Å². The first-order valence-electron chi connectivity index (χ1n) is 2.22. The zero-order chi connectivity index (χ0) is 7.11. The van der Waals surface area contributed by atoms with Crippen LogP contribution in [-0.4, -0.2) is 39.5 Å². The standard InChI is InChI=1S/C2H6O3Si4/c1-7-4-9(3-6)5-8-2/h1-2H3. The SMILES string of the molecule is C[Si]O[Si](O[Si])O[Si]C. The number of hydrogen-bond donors (Lipinski definition) is 0. The van der Waals surface area contributed by atoms with Crippen LogP contribution in [0.1, 0.15) is 0 Å². The van der Waals surface area contributed by atoms with E-state index in [2.05, 4.69) is 10.5 Å². The third-order valence-electron chi connectivity index (χ3n) is 0.454. The Kier molecular flexibility index (Phi) is 7.43. The monoisotopic (exact) mass is 190 g/mol. The molecule has 3 nitrogen and oxygen atoms in total. The van der Waals surface area contributed by atoms with Crippen LogP contribution in [-0.2, 0) is 12.3 Å². The molecule has 0 N–H and O–H groups in total. The molecule has 48 valence electrons. The Morgan fingerprint density at radius 2 is 1.67 bits per heavy atom. The molecule has 0 fully saturated rings. The lowest BCUT2D eigenvalue weighted by Crippen LogP contribution is -2.28. The molecule has 0 aliphatic rings. The van der Waals surface area contributed by atoms with Crippen molar-refractivity contribution in [3.05, 3.63) is 0 Å². The Balaban J connectivity index is 3.18. The molecule has 0 saturated carbocycles. The summed E-state index contributed by atoms with van der Waals surface area (Å²) in [7, 11) is 2.27. The normalized spacial score (nSPS) is 10.7. The first kappa shape index (κ1) is 9.75. The fourth-order valence-corrected chi connectivity index (χ4v) is 3.19. The molecule has 0 aliphatic carbocycles. The maximum absolute atomic E-state index is 5.08. The molecule has 0 aliphatic heterocycles. The van der Waals surface area contributed by atoms with E-state index < -0.39 is 9.53 Å². The second kappa shape index (κ2) is 6.86. The number of hydrogen-bond acceptors (Lipinski definition) is 3. The zero-order valence-electron chi connectivity index (χ0n) is 5.22. The second-order valence-corrected chi connectivity index (χ2v) is 4.73. The van der Waals surface area contributed by atoms with Gasteiger partial charge in [0.15, 0.2) is 0 Å². The van der Waals surface area contributed by atoms with Gasteiger partial charge in [0.1, 0.15) is 0 Å². The van der Waals surface area contributed by atoms with Crippen LogP contribution in [0.4, 0.5) is 0 Å². The minimum Gasteiger partial charge on any atom is -0.414 e. The van der Waals surface area contributed by atoms with Crippen LogP contribution < -0.4 is 0 Å². The molecule has 8 radical (unpaired) electrons. The third kappa shape index (κ3) is 5.20. The molecule has 0 aromatic carbocycles. The van der Waals surface area contributed by atoms with Crippen LogP contribution in [0.3, 0.4) is 0 Å².